The van der Waals surface area contributed by atoms with E-state index in [2.05, 4.69) is 6.07 Å². The smallest absolute Gasteiger partial charge is 0.0438 e. The second kappa shape index (κ2) is 5.24. The normalized spacial score (nSPS) is 22.9. The second-order valence-corrected chi connectivity index (χ2v) is 5.77. The molecular weight excluding hydrogens is 226 g/mol. The van der Waals surface area contributed by atoms with E-state index >= 15 is 0 Å². The third-order valence-electron chi connectivity index (χ3n) is 2.86. The van der Waals surface area contributed by atoms with Gasteiger partial charge in [-0.25, -0.2) is 0 Å². The summed E-state index contributed by atoms with van der Waals surface area (Å²) in [4.78, 5) is 0. The molecule has 1 aromatic carbocycles. The lowest BCUT2D eigenvalue weighted by molar-refractivity contribution is 0.609. The van der Waals surface area contributed by atoms with Crippen LogP contribution in [0.25, 0.3) is 0 Å². The Balaban J connectivity index is 1.99. The monoisotopic (exact) mass is 241 g/mol. The molecule has 2 unspecified atom stereocenters. The molecule has 1 fully saturated rings. The van der Waals surface area contributed by atoms with Gasteiger partial charge in [0.1, 0.15) is 0 Å². The maximum atomic E-state index is 6.20. The number of hydrogen-bond acceptors (Lipinski definition) is 2. The van der Waals surface area contributed by atoms with E-state index in [1.165, 1.54) is 24.2 Å². The van der Waals surface area contributed by atoms with Gasteiger partial charge in [0.25, 0.3) is 0 Å². The summed E-state index contributed by atoms with van der Waals surface area (Å²) in [6.07, 6.45) is 3.47. The maximum Gasteiger partial charge on any atom is 0.0438 e. The minimum Gasteiger partial charge on any atom is -0.326 e. The average Bonchev–Trinajstić information content (AvgIpc) is 2.74. The van der Waals surface area contributed by atoms with Crippen molar-refractivity contribution in [3.05, 3.63) is 34.9 Å². The predicted molar refractivity (Wildman–Crippen MR) is 68.6 cm³/mol. The molecular formula is C12H16ClNS. The second-order valence-electron chi connectivity index (χ2n) is 4.01. The van der Waals surface area contributed by atoms with E-state index in [0.29, 0.717) is 5.25 Å². The van der Waals surface area contributed by atoms with Gasteiger partial charge in [0, 0.05) is 16.3 Å². The van der Waals surface area contributed by atoms with Crippen LogP contribution in [0.2, 0.25) is 5.02 Å². The zero-order valence-electron chi connectivity index (χ0n) is 8.66. The summed E-state index contributed by atoms with van der Waals surface area (Å²) in [5.74, 6) is 1.26. The van der Waals surface area contributed by atoms with Gasteiger partial charge in [-0.1, -0.05) is 29.8 Å². The summed E-state index contributed by atoms with van der Waals surface area (Å²) in [6, 6.07) is 8.24. The highest BCUT2D eigenvalue weighted by molar-refractivity contribution is 8.00. The summed E-state index contributed by atoms with van der Waals surface area (Å²) in [5.41, 5.74) is 7.38. The molecule has 1 aliphatic heterocycles. The van der Waals surface area contributed by atoms with E-state index in [1.807, 2.05) is 30.0 Å². The topological polar surface area (TPSA) is 26.0 Å². The minimum absolute atomic E-state index is 0.248. The lowest BCUT2D eigenvalue weighted by Gasteiger charge is -2.18. The Morgan fingerprint density at radius 1 is 1.47 bits per heavy atom. The van der Waals surface area contributed by atoms with E-state index in [0.717, 1.165) is 11.4 Å². The number of halogens is 1. The summed E-state index contributed by atoms with van der Waals surface area (Å²) >= 11 is 8.12. The van der Waals surface area contributed by atoms with Crippen molar-refractivity contribution < 1.29 is 0 Å². The van der Waals surface area contributed by atoms with Crippen LogP contribution in [0.5, 0.6) is 0 Å². The Morgan fingerprint density at radius 2 is 2.27 bits per heavy atom. The van der Waals surface area contributed by atoms with Crippen LogP contribution in [0.15, 0.2) is 24.3 Å². The van der Waals surface area contributed by atoms with Crippen molar-refractivity contribution in [2.24, 2.45) is 5.73 Å². The summed E-state index contributed by atoms with van der Waals surface area (Å²) in [7, 11) is 0. The van der Waals surface area contributed by atoms with Crippen molar-refractivity contribution in [2.45, 2.75) is 30.6 Å². The van der Waals surface area contributed by atoms with Gasteiger partial charge in [0.05, 0.1) is 0 Å². The van der Waals surface area contributed by atoms with Gasteiger partial charge in [-0.3, -0.25) is 0 Å². The molecule has 0 bridgehead atoms. The molecule has 2 rings (SSSR count). The molecule has 1 aromatic rings. The molecule has 1 aliphatic rings. The molecule has 82 valence electrons. The van der Waals surface area contributed by atoms with Crippen molar-refractivity contribution in [2.75, 3.05) is 5.75 Å². The van der Waals surface area contributed by atoms with Crippen molar-refractivity contribution >= 4 is 23.4 Å². The lowest BCUT2D eigenvalue weighted by atomic mass is 10.0. The third-order valence-corrected chi connectivity index (χ3v) is 4.76. The Labute approximate surface area is 100 Å². The van der Waals surface area contributed by atoms with E-state index in [-0.39, 0.29) is 6.04 Å². The first kappa shape index (κ1) is 11.3. The third kappa shape index (κ3) is 2.90. The van der Waals surface area contributed by atoms with Crippen LogP contribution >= 0.6 is 23.4 Å². The largest absolute Gasteiger partial charge is 0.326 e. The van der Waals surface area contributed by atoms with Crippen LogP contribution in [-0.2, 0) is 6.42 Å². The highest BCUT2D eigenvalue weighted by Crippen LogP contribution is 2.30. The first-order chi connectivity index (χ1) is 7.27. The van der Waals surface area contributed by atoms with Gasteiger partial charge in [-0.2, -0.15) is 11.8 Å². The highest BCUT2D eigenvalue weighted by atomic mass is 35.5. The maximum absolute atomic E-state index is 6.20. The van der Waals surface area contributed by atoms with Gasteiger partial charge >= 0.3 is 0 Å². The molecule has 1 saturated heterocycles. The fraction of sp³-hybridized carbons (Fsp3) is 0.500. The predicted octanol–water partition coefficient (Wildman–Crippen LogP) is 3.11. The molecule has 0 spiro atoms. The summed E-state index contributed by atoms with van der Waals surface area (Å²) in [5, 5.41) is 1.47. The quantitative estimate of drug-likeness (QED) is 0.880. The van der Waals surface area contributed by atoms with Crippen LogP contribution in [0.4, 0.5) is 0 Å². The molecule has 3 heteroatoms. The molecule has 1 heterocycles. The zero-order valence-corrected chi connectivity index (χ0v) is 10.2. The Bertz CT molecular complexity index is 323. The van der Waals surface area contributed by atoms with E-state index in [4.69, 9.17) is 17.3 Å². The van der Waals surface area contributed by atoms with E-state index in [9.17, 15) is 0 Å². The van der Waals surface area contributed by atoms with E-state index in [1.54, 1.807) is 0 Å². The van der Waals surface area contributed by atoms with Crippen LogP contribution in [0.3, 0.4) is 0 Å². The number of rotatable bonds is 3. The molecule has 15 heavy (non-hydrogen) atoms. The first-order valence-corrected chi connectivity index (χ1v) is 6.80. The van der Waals surface area contributed by atoms with Crippen LogP contribution in [0, 0.1) is 0 Å². The van der Waals surface area contributed by atoms with E-state index < -0.39 is 0 Å². The average molecular weight is 242 g/mol. The SMILES string of the molecule is NC(Cc1ccccc1Cl)C1CCCS1. The Morgan fingerprint density at radius 3 is 2.93 bits per heavy atom. The molecule has 0 amide bonds. The molecule has 0 saturated carbocycles. The summed E-state index contributed by atoms with van der Waals surface area (Å²) in [6.45, 7) is 0. The fourth-order valence-electron chi connectivity index (χ4n) is 1.99. The van der Waals surface area contributed by atoms with Crippen molar-refractivity contribution in [1.82, 2.24) is 0 Å². The fourth-order valence-corrected chi connectivity index (χ4v) is 3.52. The lowest BCUT2D eigenvalue weighted by Crippen LogP contribution is -2.33. The van der Waals surface area contributed by atoms with Crippen LogP contribution in [0.1, 0.15) is 18.4 Å². The summed E-state index contributed by atoms with van der Waals surface area (Å²) < 4.78 is 0. The Hall–Kier alpha value is -0.180. The minimum atomic E-state index is 0.248. The van der Waals surface area contributed by atoms with Crippen molar-refractivity contribution in [1.29, 1.82) is 0 Å². The molecule has 0 radical (unpaired) electrons. The van der Waals surface area contributed by atoms with Gasteiger partial charge in [0.2, 0.25) is 0 Å². The molecule has 1 nitrogen and oxygen atoms in total. The molecule has 0 aromatic heterocycles. The van der Waals surface area contributed by atoms with Crippen LogP contribution in [-0.4, -0.2) is 17.0 Å². The Kier molecular flexibility index (Phi) is 3.95. The van der Waals surface area contributed by atoms with Crippen molar-refractivity contribution in [3.8, 4) is 0 Å². The number of benzene rings is 1. The van der Waals surface area contributed by atoms with Gasteiger partial charge in [-0.15, -0.1) is 0 Å². The molecule has 2 N–H and O–H groups in total. The molecule has 2 atom stereocenters. The highest BCUT2D eigenvalue weighted by Gasteiger charge is 2.23. The van der Waals surface area contributed by atoms with Crippen LogP contribution < -0.4 is 5.73 Å². The molecule has 0 aliphatic carbocycles. The van der Waals surface area contributed by atoms with Gasteiger partial charge in [-0.05, 0) is 36.6 Å². The standard InChI is InChI=1S/C12H16ClNS/c13-10-5-2-1-4-9(10)8-11(14)12-6-3-7-15-12/h1-2,4-5,11-12H,3,6-8,14H2. The first-order valence-electron chi connectivity index (χ1n) is 5.38. The van der Waals surface area contributed by atoms with Gasteiger partial charge < -0.3 is 5.73 Å². The number of hydrogen-bond donors (Lipinski definition) is 1. The zero-order chi connectivity index (χ0) is 10.7. The van der Waals surface area contributed by atoms with Crippen molar-refractivity contribution in [3.63, 3.8) is 0 Å². The van der Waals surface area contributed by atoms with Gasteiger partial charge in [0.15, 0.2) is 0 Å². The number of thioether (sulfide) groups is 1. The number of nitrogens with two attached hydrogens (primary N) is 1.